The van der Waals surface area contributed by atoms with E-state index in [1.165, 1.54) is 7.11 Å². The van der Waals surface area contributed by atoms with Gasteiger partial charge in [0.1, 0.15) is 5.54 Å². The highest BCUT2D eigenvalue weighted by Gasteiger charge is 2.60. The lowest BCUT2D eigenvalue weighted by atomic mass is 9.56. The van der Waals surface area contributed by atoms with Gasteiger partial charge in [-0.1, -0.05) is 0 Å². The molecule has 1 heterocycles. The van der Waals surface area contributed by atoms with Crippen molar-refractivity contribution in [2.75, 3.05) is 20.3 Å². The predicted molar refractivity (Wildman–Crippen MR) is 41.4 cm³/mol. The van der Waals surface area contributed by atoms with Gasteiger partial charge < -0.3 is 15.2 Å². The van der Waals surface area contributed by atoms with Gasteiger partial charge in [0, 0.05) is 5.41 Å². The lowest BCUT2D eigenvalue weighted by Crippen LogP contribution is -2.69. The van der Waals surface area contributed by atoms with E-state index in [0.29, 0.717) is 12.8 Å². The van der Waals surface area contributed by atoms with E-state index in [2.05, 4.69) is 4.74 Å². The molecular formula is C8H13NO3. The summed E-state index contributed by atoms with van der Waals surface area (Å²) in [6.45, 7) is 1.51. The van der Waals surface area contributed by atoms with Crippen LogP contribution >= 0.6 is 0 Å². The van der Waals surface area contributed by atoms with Crippen LogP contribution < -0.4 is 5.73 Å². The predicted octanol–water partition coefficient (Wildman–Crippen LogP) is -0.333. The van der Waals surface area contributed by atoms with Gasteiger partial charge in [0.05, 0.1) is 20.3 Å². The minimum absolute atomic E-state index is 0.211. The van der Waals surface area contributed by atoms with Crippen LogP contribution in [0.25, 0.3) is 0 Å². The van der Waals surface area contributed by atoms with Crippen molar-refractivity contribution in [2.24, 2.45) is 11.1 Å². The summed E-state index contributed by atoms with van der Waals surface area (Å²) in [6.07, 6.45) is 1.43. The molecule has 2 aliphatic rings. The summed E-state index contributed by atoms with van der Waals surface area (Å²) >= 11 is 0. The van der Waals surface area contributed by atoms with Crippen LogP contribution in [0.15, 0.2) is 0 Å². The van der Waals surface area contributed by atoms with E-state index in [9.17, 15) is 4.79 Å². The summed E-state index contributed by atoms with van der Waals surface area (Å²) in [4.78, 5) is 11.2. The Hall–Kier alpha value is -0.610. The molecule has 1 aliphatic heterocycles. The molecule has 0 aromatic rings. The third-order valence-electron chi connectivity index (χ3n) is 2.79. The van der Waals surface area contributed by atoms with E-state index in [1.54, 1.807) is 0 Å². The summed E-state index contributed by atoms with van der Waals surface area (Å²) in [5.74, 6) is -0.292. The second kappa shape index (κ2) is 2.20. The zero-order valence-electron chi connectivity index (χ0n) is 7.13. The maximum atomic E-state index is 11.2. The van der Waals surface area contributed by atoms with Crippen molar-refractivity contribution in [3.05, 3.63) is 0 Å². The van der Waals surface area contributed by atoms with Gasteiger partial charge >= 0.3 is 5.97 Å². The highest BCUT2D eigenvalue weighted by atomic mass is 16.5. The first-order valence-electron chi connectivity index (χ1n) is 4.05. The number of hydrogen-bond donors (Lipinski definition) is 1. The molecule has 0 unspecified atom stereocenters. The maximum Gasteiger partial charge on any atom is 0.325 e. The second-order valence-electron chi connectivity index (χ2n) is 3.99. The lowest BCUT2D eigenvalue weighted by Gasteiger charge is -2.56. The van der Waals surface area contributed by atoms with E-state index in [0.717, 1.165) is 13.2 Å². The van der Waals surface area contributed by atoms with Gasteiger partial charge in [-0.2, -0.15) is 0 Å². The molecule has 4 heteroatoms. The fourth-order valence-electron chi connectivity index (χ4n) is 2.23. The topological polar surface area (TPSA) is 61.5 Å². The van der Waals surface area contributed by atoms with Gasteiger partial charge in [0.15, 0.2) is 0 Å². The molecule has 1 spiro atoms. The highest BCUT2D eigenvalue weighted by Crippen LogP contribution is 2.52. The van der Waals surface area contributed by atoms with Crippen molar-refractivity contribution >= 4 is 5.97 Å². The molecule has 0 bridgehead atoms. The van der Waals surface area contributed by atoms with E-state index in [4.69, 9.17) is 10.5 Å². The number of hydrogen-bond acceptors (Lipinski definition) is 4. The Morgan fingerprint density at radius 3 is 2.42 bits per heavy atom. The number of ether oxygens (including phenoxy) is 2. The summed E-state index contributed by atoms with van der Waals surface area (Å²) in [5.41, 5.74) is 5.30. The molecule has 2 rings (SSSR count). The largest absolute Gasteiger partial charge is 0.468 e. The van der Waals surface area contributed by atoms with Crippen LogP contribution in [0.1, 0.15) is 12.8 Å². The molecule has 0 amide bonds. The van der Waals surface area contributed by atoms with Crippen LogP contribution in [0, 0.1) is 5.41 Å². The van der Waals surface area contributed by atoms with Gasteiger partial charge in [-0.15, -0.1) is 0 Å². The zero-order chi connectivity index (χ0) is 8.82. The first-order chi connectivity index (χ1) is 5.60. The Bertz CT molecular complexity index is 214. The average molecular weight is 171 g/mol. The molecule has 1 saturated heterocycles. The van der Waals surface area contributed by atoms with E-state index < -0.39 is 5.54 Å². The monoisotopic (exact) mass is 171 g/mol. The molecule has 0 aromatic carbocycles. The van der Waals surface area contributed by atoms with E-state index in [1.807, 2.05) is 0 Å². The van der Waals surface area contributed by atoms with Gasteiger partial charge in [-0.3, -0.25) is 4.79 Å². The quantitative estimate of drug-likeness (QED) is 0.549. The van der Waals surface area contributed by atoms with Gasteiger partial charge in [-0.25, -0.2) is 0 Å². The fraction of sp³-hybridized carbons (Fsp3) is 0.875. The summed E-state index contributed by atoms with van der Waals surface area (Å²) in [7, 11) is 1.37. The Morgan fingerprint density at radius 1 is 1.50 bits per heavy atom. The first-order valence-corrected chi connectivity index (χ1v) is 4.05. The van der Waals surface area contributed by atoms with Crippen molar-refractivity contribution in [3.63, 3.8) is 0 Å². The summed E-state index contributed by atoms with van der Waals surface area (Å²) in [6, 6.07) is 0. The molecule has 0 atom stereocenters. The highest BCUT2D eigenvalue weighted by molar-refractivity contribution is 5.82. The molecule has 1 saturated carbocycles. The van der Waals surface area contributed by atoms with Gasteiger partial charge in [0.25, 0.3) is 0 Å². The molecule has 1 aliphatic carbocycles. The van der Waals surface area contributed by atoms with Crippen LogP contribution in [-0.4, -0.2) is 31.8 Å². The van der Waals surface area contributed by atoms with Crippen molar-refractivity contribution in [1.82, 2.24) is 0 Å². The van der Waals surface area contributed by atoms with Crippen LogP contribution in [0.2, 0.25) is 0 Å². The van der Waals surface area contributed by atoms with Gasteiger partial charge in [-0.05, 0) is 12.8 Å². The molecule has 2 N–H and O–H groups in total. The normalized spacial score (nSPS) is 28.8. The average Bonchev–Trinajstić information content (AvgIpc) is 1.93. The summed E-state index contributed by atoms with van der Waals surface area (Å²) < 4.78 is 9.69. The Kier molecular flexibility index (Phi) is 1.47. The van der Waals surface area contributed by atoms with Crippen molar-refractivity contribution in [3.8, 4) is 0 Å². The molecule has 0 radical (unpaired) electrons. The van der Waals surface area contributed by atoms with Crippen LogP contribution in [-0.2, 0) is 14.3 Å². The molecular weight excluding hydrogens is 158 g/mol. The standard InChI is InChI=1S/C8H13NO3/c1-11-6(10)8(9)2-7(3-8)4-12-5-7/h2-5,9H2,1H3. The minimum Gasteiger partial charge on any atom is -0.468 e. The van der Waals surface area contributed by atoms with Crippen LogP contribution in [0.4, 0.5) is 0 Å². The fourth-order valence-corrected chi connectivity index (χ4v) is 2.23. The minimum atomic E-state index is -0.724. The number of carbonyl (C=O) groups excluding carboxylic acids is 1. The molecule has 2 fully saturated rings. The molecule has 68 valence electrons. The van der Waals surface area contributed by atoms with Gasteiger partial charge in [0.2, 0.25) is 0 Å². The zero-order valence-corrected chi connectivity index (χ0v) is 7.13. The van der Waals surface area contributed by atoms with Crippen LogP contribution in [0.3, 0.4) is 0 Å². The Labute approximate surface area is 71.0 Å². The third-order valence-corrected chi connectivity index (χ3v) is 2.79. The number of methoxy groups -OCH3 is 1. The molecule has 12 heavy (non-hydrogen) atoms. The smallest absolute Gasteiger partial charge is 0.325 e. The number of esters is 1. The van der Waals surface area contributed by atoms with Crippen LogP contribution in [0.5, 0.6) is 0 Å². The number of rotatable bonds is 1. The number of nitrogens with two attached hydrogens (primary N) is 1. The Balaban J connectivity index is 1.96. The third kappa shape index (κ3) is 0.881. The molecule has 0 aromatic heterocycles. The first kappa shape index (κ1) is 8.01. The van der Waals surface area contributed by atoms with Crippen molar-refractivity contribution in [1.29, 1.82) is 0 Å². The van der Waals surface area contributed by atoms with Crippen molar-refractivity contribution < 1.29 is 14.3 Å². The Morgan fingerprint density at radius 2 is 2.08 bits per heavy atom. The maximum absolute atomic E-state index is 11.2. The second-order valence-corrected chi connectivity index (χ2v) is 3.99. The SMILES string of the molecule is COC(=O)C1(N)CC2(COC2)C1. The van der Waals surface area contributed by atoms with E-state index in [-0.39, 0.29) is 11.4 Å². The lowest BCUT2D eigenvalue weighted by molar-refractivity contribution is -0.199. The summed E-state index contributed by atoms with van der Waals surface area (Å²) in [5, 5.41) is 0. The van der Waals surface area contributed by atoms with Crippen molar-refractivity contribution in [2.45, 2.75) is 18.4 Å². The van der Waals surface area contributed by atoms with E-state index >= 15 is 0 Å². The molecule has 4 nitrogen and oxygen atoms in total. The number of carbonyl (C=O) groups is 1.